The molecule has 1 aliphatic heterocycles. The highest BCUT2D eigenvalue weighted by Gasteiger charge is 2.26. The number of amides is 1. The van der Waals surface area contributed by atoms with E-state index in [0.29, 0.717) is 6.42 Å². The lowest BCUT2D eigenvalue weighted by atomic mass is 9.91. The highest BCUT2D eigenvalue weighted by molar-refractivity contribution is 9.10. The predicted octanol–water partition coefficient (Wildman–Crippen LogP) is 5.14. The summed E-state index contributed by atoms with van der Waals surface area (Å²) in [5.41, 5.74) is 1.93. The summed E-state index contributed by atoms with van der Waals surface area (Å²) in [5, 5.41) is 1.05. The minimum Gasteiger partial charge on any atom is -0.352 e. The van der Waals surface area contributed by atoms with Gasteiger partial charge in [0, 0.05) is 48.0 Å². The summed E-state index contributed by atoms with van der Waals surface area (Å²) in [6.07, 6.45) is 0.580. The Bertz CT molecular complexity index is 1070. The molecule has 3 aromatic rings. The molecule has 0 N–H and O–H groups in total. The van der Waals surface area contributed by atoms with Gasteiger partial charge in [-0.25, -0.2) is 9.97 Å². The van der Waals surface area contributed by atoms with Gasteiger partial charge in [-0.15, -0.1) is 0 Å². The van der Waals surface area contributed by atoms with Crippen LogP contribution in [-0.2, 0) is 4.79 Å². The Kier molecular flexibility index (Phi) is 5.78. The predicted molar refractivity (Wildman–Crippen MR) is 126 cm³/mol. The first-order valence-electron chi connectivity index (χ1n) is 10.4. The fourth-order valence-electron chi connectivity index (χ4n) is 3.79. The molecule has 4 rings (SSSR count). The molecule has 6 heteroatoms. The lowest BCUT2D eigenvalue weighted by molar-refractivity contribution is -0.133. The topological polar surface area (TPSA) is 49.3 Å². The van der Waals surface area contributed by atoms with Crippen LogP contribution in [0.4, 0.5) is 5.82 Å². The number of carbonyl (C=O) groups is 1. The Morgan fingerprint density at radius 1 is 1.00 bits per heavy atom. The quantitative estimate of drug-likeness (QED) is 0.535. The molecule has 0 unspecified atom stereocenters. The molecule has 30 heavy (non-hydrogen) atoms. The van der Waals surface area contributed by atoms with Crippen LogP contribution in [0, 0.1) is 5.41 Å². The highest BCUT2D eigenvalue weighted by atomic mass is 79.9. The molecule has 1 saturated heterocycles. The summed E-state index contributed by atoms with van der Waals surface area (Å²) in [4.78, 5) is 26.6. The van der Waals surface area contributed by atoms with E-state index in [2.05, 4.69) is 47.7 Å². The zero-order valence-corrected chi connectivity index (χ0v) is 19.3. The van der Waals surface area contributed by atoms with E-state index in [1.165, 1.54) is 0 Å². The molecule has 0 bridgehead atoms. The van der Waals surface area contributed by atoms with Crippen molar-refractivity contribution in [2.24, 2.45) is 5.41 Å². The maximum Gasteiger partial charge on any atom is 0.223 e. The number of para-hydroxylation sites is 1. The summed E-state index contributed by atoms with van der Waals surface area (Å²) in [7, 11) is 0. The van der Waals surface area contributed by atoms with Crippen LogP contribution in [0.15, 0.2) is 53.0 Å². The number of rotatable bonds is 3. The molecule has 1 aromatic heterocycles. The van der Waals surface area contributed by atoms with Gasteiger partial charge in [0.25, 0.3) is 0 Å². The molecule has 1 amide bonds. The van der Waals surface area contributed by atoms with E-state index in [1.807, 2.05) is 47.4 Å². The van der Waals surface area contributed by atoms with Gasteiger partial charge in [0.05, 0.1) is 5.52 Å². The van der Waals surface area contributed by atoms with Gasteiger partial charge in [0.2, 0.25) is 5.91 Å². The summed E-state index contributed by atoms with van der Waals surface area (Å²) in [6, 6.07) is 16.2. The van der Waals surface area contributed by atoms with Gasteiger partial charge in [-0.05, 0) is 29.7 Å². The number of benzene rings is 2. The second kappa shape index (κ2) is 8.34. The summed E-state index contributed by atoms with van der Waals surface area (Å²) < 4.78 is 1.00. The monoisotopic (exact) mass is 466 g/mol. The molecule has 0 atom stereocenters. The molecule has 2 heterocycles. The van der Waals surface area contributed by atoms with E-state index in [1.54, 1.807) is 0 Å². The van der Waals surface area contributed by atoms with Gasteiger partial charge in [-0.3, -0.25) is 4.79 Å². The molecule has 1 fully saturated rings. The maximum absolute atomic E-state index is 12.6. The van der Waals surface area contributed by atoms with Crippen LogP contribution >= 0.6 is 15.9 Å². The fourth-order valence-corrected chi connectivity index (χ4v) is 4.19. The van der Waals surface area contributed by atoms with Crippen molar-refractivity contribution in [1.82, 2.24) is 14.9 Å². The maximum atomic E-state index is 12.6. The Morgan fingerprint density at radius 2 is 1.73 bits per heavy atom. The van der Waals surface area contributed by atoms with E-state index < -0.39 is 0 Å². The lowest BCUT2D eigenvalue weighted by Gasteiger charge is -2.37. The molecular formula is C24H27BrN4O. The van der Waals surface area contributed by atoms with Gasteiger partial charge < -0.3 is 9.80 Å². The average molecular weight is 467 g/mol. The molecule has 0 radical (unpaired) electrons. The Morgan fingerprint density at radius 3 is 2.43 bits per heavy atom. The van der Waals surface area contributed by atoms with E-state index in [-0.39, 0.29) is 11.3 Å². The SMILES string of the molecule is CC(C)(C)CC(=O)N1CCN(c2nc(-c3cccc(Br)c3)nc3ccccc23)CC1. The standard InChI is InChI=1S/C24H27BrN4O/c1-24(2,3)16-21(30)28-11-13-29(14-12-28)23-19-9-4-5-10-20(19)26-22(27-23)17-7-6-8-18(25)15-17/h4-10,15H,11-14,16H2,1-3H3. The molecule has 0 aliphatic carbocycles. The van der Waals surface area contributed by atoms with Crippen LogP contribution < -0.4 is 4.90 Å². The second-order valence-corrected chi connectivity index (χ2v) is 9.92. The average Bonchev–Trinajstić information content (AvgIpc) is 2.72. The third kappa shape index (κ3) is 4.64. The number of halogens is 1. The molecule has 156 valence electrons. The summed E-state index contributed by atoms with van der Waals surface area (Å²) in [6.45, 7) is 9.31. The minimum atomic E-state index is 0.00985. The van der Waals surface area contributed by atoms with E-state index in [4.69, 9.17) is 9.97 Å². The van der Waals surface area contributed by atoms with Gasteiger partial charge in [0.15, 0.2) is 5.82 Å². The largest absolute Gasteiger partial charge is 0.352 e. The van der Waals surface area contributed by atoms with Crippen molar-refractivity contribution in [3.05, 3.63) is 53.0 Å². The van der Waals surface area contributed by atoms with Gasteiger partial charge in [0.1, 0.15) is 5.82 Å². The van der Waals surface area contributed by atoms with Crippen molar-refractivity contribution >= 4 is 38.6 Å². The van der Waals surface area contributed by atoms with Crippen molar-refractivity contribution in [1.29, 1.82) is 0 Å². The molecule has 1 aliphatic rings. The summed E-state index contributed by atoms with van der Waals surface area (Å²) >= 11 is 3.54. The van der Waals surface area contributed by atoms with Crippen LogP contribution in [0.3, 0.4) is 0 Å². The van der Waals surface area contributed by atoms with E-state index in [9.17, 15) is 4.79 Å². The smallest absolute Gasteiger partial charge is 0.223 e. The summed E-state index contributed by atoms with van der Waals surface area (Å²) in [5.74, 6) is 1.90. The zero-order chi connectivity index (χ0) is 21.3. The molecular weight excluding hydrogens is 440 g/mol. The van der Waals surface area contributed by atoms with E-state index >= 15 is 0 Å². The normalized spacial score (nSPS) is 14.9. The number of hydrogen-bond donors (Lipinski definition) is 0. The van der Waals surface area contributed by atoms with Gasteiger partial charge >= 0.3 is 0 Å². The third-order valence-corrected chi connectivity index (χ3v) is 5.77. The first-order valence-corrected chi connectivity index (χ1v) is 11.1. The first-order chi connectivity index (χ1) is 14.3. The number of piperazine rings is 1. The number of nitrogens with zero attached hydrogens (tertiary/aromatic N) is 4. The van der Waals surface area contributed by atoms with Crippen molar-refractivity contribution in [3.8, 4) is 11.4 Å². The van der Waals surface area contributed by atoms with Crippen LogP contribution in [0.25, 0.3) is 22.3 Å². The number of hydrogen-bond acceptors (Lipinski definition) is 4. The second-order valence-electron chi connectivity index (χ2n) is 9.00. The molecule has 5 nitrogen and oxygen atoms in total. The van der Waals surface area contributed by atoms with Crippen molar-refractivity contribution < 1.29 is 4.79 Å². The number of aromatic nitrogens is 2. The first kappa shape index (κ1) is 20.8. The Balaban J connectivity index is 1.62. The molecule has 0 spiro atoms. The van der Waals surface area contributed by atoms with Crippen LogP contribution in [0.1, 0.15) is 27.2 Å². The number of anilines is 1. The lowest BCUT2D eigenvalue weighted by Crippen LogP contribution is -2.49. The number of fused-ring (bicyclic) bond motifs is 1. The van der Waals surface area contributed by atoms with E-state index in [0.717, 1.165) is 58.8 Å². The third-order valence-electron chi connectivity index (χ3n) is 5.28. The fraction of sp³-hybridized carbons (Fsp3) is 0.375. The van der Waals surface area contributed by atoms with Crippen LogP contribution in [-0.4, -0.2) is 47.0 Å². The van der Waals surface area contributed by atoms with Crippen molar-refractivity contribution in [3.63, 3.8) is 0 Å². The van der Waals surface area contributed by atoms with Crippen LogP contribution in [0.5, 0.6) is 0 Å². The minimum absolute atomic E-state index is 0.00985. The van der Waals surface area contributed by atoms with Crippen molar-refractivity contribution in [2.45, 2.75) is 27.2 Å². The van der Waals surface area contributed by atoms with Gasteiger partial charge in [-0.2, -0.15) is 0 Å². The molecule has 0 saturated carbocycles. The molecule has 2 aromatic carbocycles. The zero-order valence-electron chi connectivity index (χ0n) is 17.7. The Labute approximate surface area is 186 Å². The number of carbonyl (C=O) groups excluding carboxylic acids is 1. The van der Waals surface area contributed by atoms with Crippen molar-refractivity contribution in [2.75, 3.05) is 31.1 Å². The highest BCUT2D eigenvalue weighted by Crippen LogP contribution is 2.29. The van der Waals surface area contributed by atoms with Gasteiger partial charge in [-0.1, -0.05) is 61.0 Å². The van der Waals surface area contributed by atoms with Crippen LogP contribution in [0.2, 0.25) is 0 Å². The Hall–Kier alpha value is -2.47.